The minimum Gasteiger partial charge on any atom is -0.339 e. The number of hydrogen-bond donors (Lipinski definition) is 0. The summed E-state index contributed by atoms with van der Waals surface area (Å²) in [5, 5.41) is 0. The predicted molar refractivity (Wildman–Crippen MR) is 54.1 cm³/mol. The summed E-state index contributed by atoms with van der Waals surface area (Å²) in [5.41, 5.74) is 1.75. The lowest BCUT2D eigenvalue weighted by Gasteiger charge is -2.14. The molecule has 0 radical (unpaired) electrons. The van der Waals surface area contributed by atoms with Gasteiger partial charge in [0, 0.05) is 25.5 Å². The molecule has 0 aromatic carbocycles. The molecule has 0 N–H and O–H groups in total. The lowest BCUT2D eigenvalue weighted by Crippen LogP contribution is -2.27. The molecule has 3 heteroatoms. The minimum absolute atomic E-state index is 0.124. The third-order valence-electron chi connectivity index (χ3n) is 2.52. The fourth-order valence-electron chi connectivity index (χ4n) is 1.77. The highest BCUT2D eigenvalue weighted by Gasteiger charge is 2.19. The van der Waals surface area contributed by atoms with E-state index in [1.165, 1.54) is 0 Å². The number of aryl methyl sites for hydroxylation is 1. The van der Waals surface area contributed by atoms with Gasteiger partial charge in [-0.15, -0.1) is 0 Å². The Balaban J connectivity index is 2.17. The second-order valence-electron chi connectivity index (χ2n) is 3.75. The fraction of sp³-hybridized carbons (Fsp3) is 0.455. The molecule has 0 aliphatic carbocycles. The molecule has 0 bridgehead atoms. The standard InChI is InChI=1S/C11H14N2O/c1-9-6-10(8-12-7-9)11(14)13-4-2-3-5-13/h6-8H,2-5H2,1H3. The quantitative estimate of drug-likeness (QED) is 0.674. The maximum absolute atomic E-state index is 11.9. The number of hydrogen-bond acceptors (Lipinski definition) is 2. The molecule has 2 heterocycles. The predicted octanol–water partition coefficient (Wildman–Crippen LogP) is 1.63. The molecule has 1 aromatic rings. The Morgan fingerprint density at radius 3 is 2.71 bits per heavy atom. The number of carbonyl (C=O) groups excluding carboxylic acids is 1. The Hall–Kier alpha value is -1.38. The number of rotatable bonds is 1. The summed E-state index contributed by atoms with van der Waals surface area (Å²) in [7, 11) is 0. The van der Waals surface area contributed by atoms with Gasteiger partial charge in [0.1, 0.15) is 0 Å². The fourth-order valence-corrected chi connectivity index (χ4v) is 1.77. The second-order valence-corrected chi connectivity index (χ2v) is 3.75. The van der Waals surface area contributed by atoms with Crippen LogP contribution >= 0.6 is 0 Å². The first-order valence-corrected chi connectivity index (χ1v) is 4.98. The zero-order valence-corrected chi connectivity index (χ0v) is 8.36. The molecule has 1 fully saturated rings. The maximum atomic E-state index is 11.9. The first-order valence-electron chi connectivity index (χ1n) is 4.98. The SMILES string of the molecule is Cc1cncc(C(=O)N2CCCC2)c1. The Kier molecular flexibility index (Phi) is 2.48. The van der Waals surface area contributed by atoms with Crippen LogP contribution in [0.15, 0.2) is 18.5 Å². The first-order chi connectivity index (χ1) is 6.77. The topological polar surface area (TPSA) is 33.2 Å². The van der Waals surface area contributed by atoms with Gasteiger partial charge in [-0.2, -0.15) is 0 Å². The van der Waals surface area contributed by atoms with Crippen LogP contribution in [0.5, 0.6) is 0 Å². The zero-order valence-electron chi connectivity index (χ0n) is 8.36. The Morgan fingerprint density at radius 2 is 2.07 bits per heavy atom. The van der Waals surface area contributed by atoms with Gasteiger partial charge in [0.15, 0.2) is 0 Å². The summed E-state index contributed by atoms with van der Waals surface area (Å²) in [4.78, 5) is 17.8. The van der Waals surface area contributed by atoms with Gasteiger partial charge in [-0.05, 0) is 31.4 Å². The third-order valence-corrected chi connectivity index (χ3v) is 2.52. The molecule has 0 atom stereocenters. The largest absolute Gasteiger partial charge is 0.339 e. The highest BCUT2D eigenvalue weighted by molar-refractivity contribution is 5.94. The summed E-state index contributed by atoms with van der Waals surface area (Å²) in [6, 6.07) is 1.90. The molecule has 3 nitrogen and oxygen atoms in total. The van der Waals surface area contributed by atoms with Gasteiger partial charge in [-0.25, -0.2) is 0 Å². The monoisotopic (exact) mass is 190 g/mol. The number of likely N-dealkylation sites (tertiary alicyclic amines) is 1. The van der Waals surface area contributed by atoms with Crippen LogP contribution in [0, 0.1) is 6.92 Å². The number of nitrogens with zero attached hydrogens (tertiary/aromatic N) is 2. The Morgan fingerprint density at radius 1 is 1.36 bits per heavy atom. The highest BCUT2D eigenvalue weighted by Crippen LogP contribution is 2.12. The molecule has 74 valence electrons. The van der Waals surface area contributed by atoms with Crippen LogP contribution in [-0.2, 0) is 0 Å². The van der Waals surface area contributed by atoms with Gasteiger partial charge in [0.05, 0.1) is 5.56 Å². The van der Waals surface area contributed by atoms with E-state index in [2.05, 4.69) is 4.98 Å². The van der Waals surface area contributed by atoms with Gasteiger partial charge < -0.3 is 4.90 Å². The van der Waals surface area contributed by atoms with Crippen LogP contribution in [0.25, 0.3) is 0 Å². The van der Waals surface area contributed by atoms with Crippen molar-refractivity contribution in [2.45, 2.75) is 19.8 Å². The van der Waals surface area contributed by atoms with Crippen LogP contribution in [0.2, 0.25) is 0 Å². The normalized spacial score (nSPS) is 15.9. The zero-order chi connectivity index (χ0) is 9.97. The van der Waals surface area contributed by atoms with Crippen molar-refractivity contribution >= 4 is 5.91 Å². The van der Waals surface area contributed by atoms with Gasteiger partial charge in [-0.1, -0.05) is 0 Å². The van der Waals surface area contributed by atoms with Crippen molar-refractivity contribution in [3.05, 3.63) is 29.6 Å². The van der Waals surface area contributed by atoms with E-state index >= 15 is 0 Å². The van der Waals surface area contributed by atoms with E-state index < -0.39 is 0 Å². The van der Waals surface area contributed by atoms with E-state index in [0.717, 1.165) is 31.5 Å². The summed E-state index contributed by atoms with van der Waals surface area (Å²) in [5.74, 6) is 0.124. The van der Waals surface area contributed by atoms with E-state index in [1.807, 2.05) is 17.9 Å². The molecule has 1 amide bonds. The summed E-state index contributed by atoms with van der Waals surface area (Å²) >= 11 is 0. The van der Waals surface area contributed by atoms with Crippen molar-refractivity contribution in [2.24, 2.45) is 0 Å². The van der Waals surface area contributed by atoms with Crippen LogP contribution in [0.3, 0.4) is 0 Å². The van der Waals surface area contributed by atoms with Crippen LogP contribution < -0.4 is 0 Å². The number of amides is 1. The molecule has 1 aliphatic rings. The van der Waals surface area contributed by atoms with E-state index in [4.69, 9.17) is 0 Å². The van der Waals surface area contributed by atoms with Crippen LogP contribution in [-0.4, -0.2) is 28.9 Å². The minimum atomic E-state index is 0.124. The van der Waals surface area contributed by atoms with Crippen LogP contribution in [0.1, 0.15) is 28.8 Å². The third kappa shape index (κ3) is 1.76. The molecule has 1 aliphatic heterocycles. The summed E-state index contributed by atoms with van der Waals surface area (Å²) < 4.78 is 0. The van der Waals surface area contributed by atoms with Gasteiger partial charge in [-0.3, -0.25) is 9.78 Å². The Labute approximate surface area is 83.8 Å². The summed E-state index contributed by atoms with van der Waals surface area (Å²) in [6.45, 7) is 3.74. The first kappa shape index (κ1) is 9.19. The van der Waals surface area contributed by atoms with Crippen LogP contribution in [0.4, 0.5) is 0 Å². The van der Waals surface area contributed by atoms with E-state index in [0.29, 0.717) is 5.56 Å². The Bertz CT molecular complexity index is 343. The average molecular weight is 190 g/mol. The van der Waals surface area contributed by atoms with Crippen molar-refractivity contribution in [1.29, 1.82) is 0 Å². The molecule has 0 unspecified atom stereocenters. The smallest absolute Gasteiger partial charge is 0.255 e. The molecule has 1 saturated heterocycles. The second kappa shape index (κ2) is 3.78. The maximum Gasteiger partial charge on any atom is 0.255 e. The molecule has 1 aromatic heterocycles. The lowest BCUT2D eigenvalue weighted by atomic mass is 10.2. The molecule has 0 spiro atoms. The molecule has 2 rings (SSSR count). The van der Waals surface area contributed by atoms with Crippen molar-refractivity contribution in [2.75, 3.05) is 13.1 Å². The lowest BCUT2D eigenvalue weighted by molar-refractivity contribution is 0.0792. The van der Waals surface area contributed by atoms with Crippen molar-refractivity contribution in [1.82, 2.24) is 9.88 Å². The number of pyridine rings is 1. The number of carbonyl (C=O) groups is 1. The van der Waals surface area contributed by atoms with Crippen molar-refractivity contribution in [3.63, 3.8) is 0 Å². The van der Waals surface area contributed by atoms with Gasteiger partial charge in [0.2, 0.25) is 0 Å². The van der Waals surface area contributed by atoms with E-state index in [1.54, 1.807) is 12.4 Å². The summed E-state index contributed by atoms with van der Waals surface area (Å²) in [6.07, 6.45) is 5.67. The number of aromatic nitrogens is 1. The van der Waals surface area contributed by atoms with Crippen molar-refractivity contribution in [3.8, 4) is 0 Å². The van der Waals surface area contributed by atoms with Crippen molar-refractivity contribution < 1.29 is 4.79 Å². The van der Waals surface area contributed by atoms with Gasteiger partial charge >= 0.3 is 0 Å². The molecule has 14 heavy (non-hydrogen) atoms. The molecular formula is C11H14N2O. The van der Waals surface area contributed by atoms with E-state index in [9.17, 15) is 4.79 Å². The van der Waals surface area contributed by atoms with E-state index in [-0.39, 0.29) is 5.91 Å². The molecule has 0 saturated carbocycles. The highest BCUT2D eigenvalue weighted by atomic mass is 16.2. The molecular weight excluding hydrogens is 176 g/mol. The average Bonchev–Trinajstić information content (AvgIpc) is 2.69. The van der Waals surface area contributed by atoms with Gasteiger partial charge in [0.25, 0.3) is 5.91 Å².